The van der Waals surface area contributed by atoms with Crippen LogP contribution in [0.1, 0.15) is 12.5 Å². The summed E-state index contributed by atoms with van der Waals surface area (Å²) in [6, 6.07) is 5.87. The number of carbonyl (C=O) groups excluding carboxylic acids is 1. The molecule has 3 nitrogen and oxygen atoms in total. The van der Waals surface area contributed by atoms with Crippen LogP contribution in [0, 0.1) is 5.82 Å². The highest BCUT2D eigenvalue weighted by Crippen LogP contribution is 2.07. The van der Waals surface area contributed by atoms with Crippen molar-refractivity contribution in [1.29, 1.82) is 0 Å². The molecule has 0 aliphatic rings. The van der Waals surface area contributed by atoms with Gasteiger partial charge in [-0.25, -0.2) is 4.39 Å². The number of amides is 1. The third kappa shape index (κ3) is 3.82. The standard InChI is InChI=1S/C12H14FNO2/c1-9(8-15)14-12(16)7-6-10-4-2-3-5-11(10)13/h2-7,9,15H,8H2,1H3,(H,14,16)/t9-/m1/s1. The normalized spacial score (nSPS) is 12.7. The fourth-order valence-corrected chi connectivity index (χ4v) is 1.11. The second-order valence-electron chi connectivity index (χ2n) is 3.45. The predicted molar refractivity (Wildman–Crippen MR) is 60.1 cm³/mol. The van der Waals surface area contributed by atoms with Crippen LogP contribution in [0.3, 0.4) is 0 Å². The molecule has 1 aromatic carbocycles. The molecule has 4 heteroatoms. The van der Waals surface area contributed by atoms with E-state index in [1.807, 2.05) is 0 Å². The van der Waals surface area contributed by atoms with Crippen molar-refractivity contribution < 1.29 is 14.3 Å². The Morgan fingerprint density at radius 1 is 1.56 bits per heavy atom. The summed E-state index contributed by atoms with van der Waals surface area (Å²) in [5.41, 5.74) is 0.356. The molecule has 0 spiro atoms. The van der Waals surface area contributed by atoms with Crippen LogP contribution >= 0.6 is 0 Å². The Labute approximate surface area is 93.6 Å². The summed E-state index contributed by atoms with van der Waals surface area (Å²) in [6.07, 6.45) is 2.64. The van der Waals surface area contributed by atoms with Crippen molar-refractivity contribution in [2.24, 2.45) is 0 Å². The minimum Gasteiger partial charge on any atom is -0.394 e. The third-order valence-electron chi connectivity index (χ3n) is 1.98. The molecular weight excluding hydrogens is 209 g/mol. The summed E-state index contributed by atoms with van der Waals surface area (Å²) in [6.45, 7) is 1.55. The number of nitrogens with one attached hydrogen (secondary N) is 1. The van der Waals surface area contributed by atoms with Crippen LogP contribution in [0.25, 0.3) is 6.08 Å². The quantitative estimate of drug-likeness (QED) is 0.757. The number of carbonyl (C=O) groups is 1. The van der Waals surface area contributed by atoms with Crippen molar-refractivity contribution in [2.45, 2.75) is 13.0 Å². The highest BCUT2D eigenvalue weighted by Gasteiger charge is 2.02. The lowest BCUT2D eigenvalue weighted by Gasteiger charge is -2.07. The van der Waals surface area contributed by atoms with Gasteiger partial charge in [0.2, 0.25) is 5.91 Å². The Hall–Kier alpha value is -1.68. The van der Waals surface area contributed by atoms with E-state index in [2.05, 4.69) is 5.32 Å². The first kappa shape index (κ1) is 12.4. The van der Waals surface area contributed by atoms with Gasteiger partial charge in [0, 0.05) is 17.7 Å². The topological polar surface area (TPSA) is 49.3 Å². The third-order valence-corrected chi connectivity index (χ3v) is 1.98. The van der Waals surface area contributed by atoms with Gasteiger partial charge in [0.1, 0.15) is 5.82 Å². The fourth-order valence-electron chi connectivity index (χ4n) is 1.11. The zero-order valence-electron chi connectivity index (χ0n) is 8.98. The van der Waals surface area contributed by atoms with Gasteiger partial charge in [-0.1, -0.05) is 18.2 Å². The van der Waals surface area contributed by atoms with Gasteiger partial charge >= 0.3 is 0 Å². The fraction of sp³-hybridized carbons (Fsp3) is 0.250. The number of benzene rings is 1. The van der Waals surface area contributed by atoms with Crippen molar-refractivity contribution in [3.05, 3.63) is 41.7 Å². The summed E-state index contributed by atoms with van der Waals surface area (Å²) >= 11 is 0. The molecule has 16 heavy (non-hydrogen) atoms. The molecule has 1 atom stereocenters. The summed E-state index contributed by atoms with van der Waals surface area (Å²) in [5.74, 6) is -0.730. The molecule has 0 unspecified atom stereocenters. The molecule has 1 rings (SSSR count). The van der Waals surface area contributed by atoms with E-state index in [0.717, 1.165) is 0 Å². The van der Waals surface area contributed by atoms with E-state index in [4.69, 9.17) is 5.11 Å². The van der Waals surface area contributed by atoms with E-state index in [1.165, 1.54) is 18.2 Å². The highest BCUT2D eigenvalue weighted by atomic mass is 19.1. The maximum atomic E-state index is 13.1. The minimum absolute atomic E-state index is 0.126. The summed E-state index contributed by atoms with van der Waals surface area (Å²) in [7, 11) is 0. The number of hydrogen-bond acceptors (Lipinski definition) is 2. The monoisotopic (exact) mass is 223 g/mol. The van der Waals surface area contributed by atoms with Gasteiger partial charge in [-0.2, -0.15) is 0 Å². The van der Waals surface area contributed by atoms with E-state index in [-0.39, 0.29) is 24.4 Å². The van der Waals surface area contributed by atoms with Gasteiger partial charge in [0.05, 0.1) is 6.61 Å². The second kappa shape index (κ2) is 6.02. The zero-order chi connectivity index (χ0) is 12.0. The molecule has 0 aliphatic carbocycles. The zero-order valence-corrected chi connectivity index (χ0v) is 8.98. The molecule has 0 saturated carbocycles. The van der Waals surface area contributed by atoms with E-state index in [9.17, 15) is 9.18 Å². The van der Waals surface area contributed by atoms with Gasteiger partial charge in [0.15, 0.2) is 0 Å². The first-order valence-electron chi connectivity index (χ1n) is 4.97. The predicted octanol–water partition coefficient (Wildman–Crippen LogP) is 1.34. The molecule has 0 aromatic heterocycles. The largest absolute Gasteiger partial charge is 0.394 e. The molecule has 1 amide bonds. The van der Waals surface area contributed by atoms with E-state index in [1.54, 1.807) is 25.1 Å². The average molecular weight is 223 g/mol. The Bertz CT molecular complexity index is 390. The summed E-state index contributed by atoms with van der Waals surface area (Å²) in [5, 5.41) is 11.2. The van der Waals surface area contributed by atoms with Crippen LogP contribution in [0.15, 0.2) is 30.3 Å². The van der Waals surface area contributed by atoms with E-state index >= 15 is 0 Å². The molecule has 0 saturated heterocycles. The molecule has 2 N–H and O–H groups in total. The number of halogens is 1. The van der Waals surface area contributed by atoms with Gasteiger partial charge in [-0.15, -0.1) is 0 Å². The summed E-state index contributed by atoms with van der Waals surface area (Å²) in [4.78, 5) is 11.3. The summed E-state index contributed by atoms with van der Waals surface area (Å²) < 4.78 is 13.1. The minimum atomic E-state index is -0.373. The lowest BCUT2D eigenvalue weighted by molar-refractivity contribution is -0.117. The smallest absolute Gasteiger partial charge is 0.244 e. The highest BCUT2D eigenvalue weighted by molar-refractivity contribution is 5.91. The second-order valence-corrected chi connectivity index (χ2v) is 3.45. The molecule has 0 bridgehead atoms. The first-order chi connectivity index (χ1) is 7.63. The Morgan fingerprint density at radius 2 is 2.25 bits per heavy atom. The van der Waals surface area contributed by atoms with E-state index < -0.39 is 0 Å². The van der Waals surface area contributed by atoms with E-state index in [0.29, 0.717) is 5.56 Å². The lowest BCUT2D eigenvalue weighted by atomic mass is 10.2. The van der Waals surface area contributed by atoms with Crippen LogP contribution in [0.5, 0.6) is 0 Å². The van der Waals surface area contributed by atoms with Crippen molar-refractivity contribution in [3.63, 3.8) is 0 Å². The molecular formula is C12H14FNO2. The lowest BCUT2D eigenvalue weighted by Crippen LogP contribution is -2.33. The maximum absolute atomic E-state index is 13.1. The van der Waals surface area contributed by atoms with Crippen LogP contribution in [-0.2, 0) is 4.79 Å². The van der Waals surface area contributed by atoms with Gasteiger partial charge in [-0.3, -0.25) is 4.79 Å². The molecule has 86 valence electrons. The van der Waals surface area contributed by atoms with Crippen LogP contribution < -0.4 is 5.32 Å². The molecule has 0 heterocycles. The average Bonchev–Trinajstić information content (AvgIpc) is 2.28. The maximum Gasteiger partial charge on any atom is 0.244 e. The van der Waals surface area contributed by atoms with Crippen molar-refractivity contribution in [1.82, 2.24) is 5.32 Å². The van der Waals surface area contributed by atoms with Gasteiger partial charge < -0.3 is 10.4 Å². The molecule has 1 aromatic rings. The number of hydrogen-bond donors (Lipinski definition) is 2. The Kier molecular flexibility index (Phi) is 4.66. The van der Waals surface area contributed by atoms with Gasteiger partial charge in [-0.05, 0) is 19.1 Å². The number of aliphatic hydroxyl groups excluding tert-OH is 1. The first-order valence-corrected chi connectivity index (χ1v) is 4.97. The number of rotatable bonds is 4. The van der Waals surface area contributed by atoms with Crippen molar-refractivity contribution in [2.75, 3.05) is 6.61 Å². The SMILES string of the molecule is C[C@H](CO)NC(=O)C=Cc1ccccc1F. The molecule has 0 fully saturated rings. The Morgan fingerprint density at radius 3 is 2.88 bits per heavy atom. The number of aliphatic hydroxyl groups is 1. The van der Waals surface area contributed by atoms with Crippen molar-refractivity contribution >= 4 is 12.0 Å². The molecule has 0 aliphatic heterocycles. The Balaban J connectivity index is 2.60. The van der Waals surface area contributed by atoms with Gasteiger partial charge in [0.25, 0.3) is 0 Å². The molecule has 0 radical (unpaired) electrons. The van der Waals surface area contributed by atoms with Crippen LogP contribution in [0.2, 0.25) is 0 Å². The van der Waals surface area contributed by atoms with Crippen molar-refractivity contribution in [3.8, 4) is 0 Å². The van der Waals surface area contributed by atoms with Crippen LogP contribution in [0.4, 0.5) is 4.39 Å². The van der Waals surface area contributed by atoms with Crippen LogP contribution in [-0.4, -0.2) is 23.7 Å².